The van der Waals surface area contributed by atoms with Crippen molar-refractivity contribution in [1.82, 2.24) is 30.4 Å². The Bertz CT molecular complexity index is 1720. The van der Waals surface area contributed by atoms with Crippen LogP contribution >= 0.6 is 0 Å². The molecular weight excluding hydrogens is 500 g/mol. The average Bonchev–Trinajstić information content (AvgIpc) is 3.74. The van der Waals surface area contributed by atoms with Crippen molar-refractivity contribution in [2.75, 3.05) is 0 Å². The van der Waals surface area contributed by atoms with Gasteiger partial charge in [0.05, 0.1) is 0 Å². The second-order valence-electron chi connectivity index (χ2n) is 9.03. The highest BCUT2D eigenvalue weighted by Crippen LogP contribution is 2.30. The molecule has 0 unspecified atom stereocenters. The van der Waals surface area contributed by atoms with E-state index in [2.05, 4.69) is 30.4 Å². The van der Waals surface area contributed by atoms with Gasteiger partial charge in [-0.25, -0.2) is 0 Å². The number of hydrogen-bond donors (Lipinski definition) is 0. The first-order valence-electron chi connectivity index (χ1n) is 12.6. The number of pyridine rings is 2. The molecule has 0 aliphatic heterocycles. The Morgan fingerprint density at radius 2 is 0.500 bits per heavy atom. The van der Waals surface area contributed by atoms with Crippen LogP contribution in [-0.2, 0) is 0 Å². The van der Waals surface area contributed by atoms with Crippen molar-refractivity contribution in [1.29, 1.82) is 0 Å². The molecule has 0 spiro atoms. The van der Waals surface area contributed by atoms with Crippen LogP contribution < -0.4 is 0 Å². The number of benzene rings is 3. The quantitative estimate of drug-likeness (QED) is 0.226. The molecule has 7 rings (SSSR count). The number of rotatable bonds is 6. The van der Waals surface area contributed by atoms with Crippen molar-refractivity contribution in [3.8, 4) is 68.1 Å². The largest absolute Gasteiger partial charge is 0.416 e. The van der Waals surface area contributed by atoms with Gasteiger partial charge in [0.15, 0.2) is 0 Å². The smallest absolute Gasteiger partial charge is 0.248 e. The minimum absolute atomic E-state index is 0.431. The van der Waals surface area contributed by atoms with Gasteiger partial charge in [-0.3, -0.25) is 9.97 Å². The van der Waals surface area contributed by atoms with Gasteiger partial charge in [0.1, 0.15) is 0 Å². The van der Waals surface area contributed by atoms with Crippen LogP contribution in [0.15, 0.2) is 131 Å². The topological polar surface area (TPSA) is 104 Å². The Labute approximate surface area is 229 Å². The van der Waals surface area contributed by atoms with E-state index in [0.29, 0.717) is 23.6 Å². The molecule has 0 aliphatic carbocycles. The van der Waals surface area contributed by atoms with Gasteiger partial charge in [-0.15, -0.1) is 20.4 Å². The predicted octanol–water partition coefficient (Wildman–Crippen LogP) is 7.24. The zero-order valence-electron chi connectivity index (χ0n) is 21.0. The third kappa shape index (κ3) is 4.65. The Hall–Kier alpha value is -5.76. The lowest BCUT2D eigenvalue weighted by atomic mass is 10.1. The van der Waals surface area contributed by atoms with E-state index in [4.69, 9.17) is 8.83 Å². The highest BCUT2D eigenvalue weighted by atomic mass is 16.4. The van der Waals surface area contributed by atoms with Gasteiger partial charge in [-0.1, -0.05) is 24.3 Å². The molecule has 0 atom stereocenters. The fourth-order valence-electron chi connectivity index (χ4n) is 4.37. The zero-order chi connectivity index (χ0) is 26.7. The van der Waals surface area contributed by atoms with E-state index < -0.39 is 0 Å². The third-order valence-electron chi connectivity index (χ3n) is 6.52. The minimum atomic E-state index is 0.431. The molecule has 0 aliphatic rings. The normalized spacial score (nSPS) is 11.0. The van der Waals surface area contributed by atoms with Crippen molar-refractivity contribution in [3.05, 3.63) is 122 Å². The molecule has 3 aromatic carbocycles. The van der Waals surface area contributed by atoms with Crippen molar-refractivity contribution < 1.29 is 8.83 Å². The van der Waals surface area contributed by atoms with E-state index >= 15 is 0 Å². The van der Waals surface area contributed by atoms with Crippen molar-refractivity contribution in [3.63, 3.8) is 0 Å². The van der Waals surface area contributed by atoms with Crippen molar-refractivity contribution in [2.45, 2.75) is 0 Å². The van der Waals surface area contributed by atoms with Gasteiger partial charge in [0.25, 0.3) is 0 Å². The Kier molecular flexibility index (Phi) is 5.95. The van der Waals surface area contributed by atoms with Gasteiger partial charge >= 0.3 is 0 Å². The Morgan fingerprint density at radius 1 is 0.275 bits per heavy atom. The summed E-state index contributed by atoms with van der Waals surface area (Å²) in [5, 5.41) is 17.0. The molecule has 8 heteroatoms. The highest BCUT2D eigenvalue weighted by Gasteiger charge is 2.14. The molecule has 0 saturated carbocycles. The van der Waals surface area contributed by atoms with Crippen LogP contribution in [0.5, 0.6) is 0 Å². The summed E-state index contributed by atoms with van der Waals surface area (Å²) >= 11 is 0. The summed E-state index contributed by atoms with van der Waals surface area (Å²) in [7, 11) is 0. The molecule has 0 amide bonds. The molecule has 7 aromatic rings. The first-order valence-corrected chi connectivity index (χ1v) is 12.6. The van der Waals surface area contributed by atoms with Crippen LogP contribution in [0.2, 0.25) is 0 Å². The minimum Gasteiger partial charge on any atom is -0.416 e. The molecular formula is C32H20N6O2. The van der Waals surface area contributed by atoms with Gasteiger partial charge in [-0.2, -0.15) is 0 Å². The summed E-state index contributed by atoms with van der Waals surface area (Å²) in [6, 6.07) is 31.4. The van der Waals surface area contributed by atoms with Crippen LogP contribution in [0.1, 0.15) is 0 Å². The maximum absolute atomic E-state index is 5.96. The number of aromatic nitrogens is 6. The van der Waals surface area contributed by atoms with Crippen LogP contribution in [0, 0.1) is 0 Å². The molecule has 190 valence electrons. The lowest BCUT2D eigenvalue weighted by Crippen LogP contribution is -1.81. The summed E-state index contributed by atoms with van der Waals surface area (Å²) in [5.41, 5.74) is 7.66. The lowest BCUT2D eigenvalue weighted by molar-refractivity contribution is 0.582. The average molecular weight is 521 g/mol. The standard InChI is InChI=1S/C32H20N6O2/c1-5-25(6-2-21(1)23-13-17-33-18-14-23)29-35-37-31(39-29)27-9-11-28(12-10-27)32-38-36-30(40-32)26-7-3-22(4-8-26)24-15-19-34-20-16-24/h1-20H. The first-order chi connectivity index (χ1) is 19.8. The second kappa shape index (κ2) is 10.2. The summed E-state index contributed by atoms with van der Waals surface area (Å²) < 4.78 is 11.9. The van der Waals surface area contributed by atoms with E-state index in [-0.39, 0.29) is 0 Å². The van der Waals surface area contributed by atoms with Gasteiger partial charge < -0.3 is 8.83 Å². The molecule has 4 heterocycles. The number of nitrogens with zero attached hydrogens (tertiary/aromatic N) is 6. The molecule has 0 saturated heterocycles. The van der Waals surface area contributed by atoms with Crippen molar-refractivity contribution in [2.24, 2.45) is 0 Å². The maximum Gasteiger partial charge on any atom is 0.248 e. The SMILES string of the molecule is c1cc(-c2ccc(-c3nnc(-c4ccc(-c5nnc(-c6ccc(-c7ccncc7)cc6)o5)cc4)o3)cc2)ccn1. The van der Waals surface area contributed by atoms with Crippen molar-refractivity contribution >= 4 is 0 Å². The lowest BCUT2D eigenvalue weighted by Gasteiger charge is -2.02. The number of hydrogen-bond acceptors (Lipinski definition) is 8. The fraction of sp³-hybridized carbons (Fsp3) is 0. The Balaban J connectivity index is 1.06. The Morgan fingerprint density at radius 3 is 0.775 bits per heavy atom. The molecule has 0 fully saturated rings. The summed E-state index contributed by atoms with van der Waals surface area (Å²) in [6.45, 7) is 0. The van der Waals surface area contributed by atoms with E-state index in [1.54, 1.807) is 24.8 Å². The van der Waals surface area contributed by atoms with Gasteiger partial charge in [0.2, 0.25) is 23.6 Å². The summed E-state index contributed by atoms with van der Waals surface area (Å²) in [5.74, 6) is 1.77. The maximum atomic E-state index is 5.96. The van der Waals surface area contributed by atoms with Gasteiger partial charge in [-0.05, 0) is 95.1 Å². The molecule has 0 N–H and O–H groups in total. The summed E-state index contributed by atoms with van der Waals surface area (Å²) in [4.78, 5) is 8.14. The fourth-order valence-corrected chi connectivity index (χ4v) is 4.37. The second-order valence-corrected chi connectivity index (χ2v) is 9.03. The monoisotopic (exact) mass is 520 g/mol. The zero-order valence-corrected chi connectivity index (χ0v) is 21.0. The van der Waals surface area contributed by atoms with E-state index in [1.165, 1.54) is 0 Å². The first kappa shape index (κ1) is 23.4. The summed E-state index contributed by atoms with van der Waals surface area (Å²) in [6.07, 6.45) is 7.11. The van der Waals surface area contributed by atoms with Crippen LogP contribution in [0.4, 0.5) is 0 Å². The van der Waals surface area contributed by atoms with Crippen LogP contribution in [0.3, 0.4) is 0 Å². The molecule has 0 radical (unpaired) electrons. The molecule has 40 heavy (non-hydrogen) atoms. The molecule has 8 nitrogen and oxygen atoms in total. The molecule has 0 bridgehead atoms. The van der Waals surface area contributed by atoms with Gasteiger partial charge in [0, 0.05) is 47.0 Å². The predicted molar refractivity (Wildman–Crippen MR) is 150 cm³/mol. The highest BCUT2D eigenvalue weighted by molar-refractivity contribution is 5.69. The van der Waals surface area contributed by atoms with Crippen LogP contribution in [-0.4, -0.2) is 30.4 Å². The van der Waals surface area contributed by atoms with E-state index in [0.717, 1.165) is 44.5 Å². The molecule has 4 aromatic heterocycles. The third-order valence-corrected chi connectivity index (χ3v) is 6.52. The van der Waals surface area contributed by atoms with E-state index in [9.17, 15) is 0 Å². The van der Waals surface area contributed by atoms with Crippen LogP contribution in [0.25, 0.3) is 68.1 Å². The van der Waals surface area contributed by atoms with E-state index in [1.807, 2.05) is 97.1 Å².